The van der Waals surface area contributed by atoms with E-state index in [0.29, 0.717) is 5.69 Å². The number of H-pyrrole nitrogens is 1. The molecule has 0 amide bonds. The fraction of sp³-hybridized carbons (Fsp3) is 0.188. The Hall–Kier alpha value is -2.34. The van der Waals surface area contributed by atoms with Crippen molar-refractivity contribution >= 4 is 26.7 Å². The molecule has 2 N–H and O–H groups in total. The van der Waals surface area contributed by atoms with E-state index >= 15 is 0 Å². The molecule has 3 rings (SSSR count). The van der Waals surface area contributed by atoms with Gasteiger partial charge in [0.05, 0.1) is 16.8 Å². The monoisotopic (exact) mass is 315 g/mol. The van der Waals surface area contributed by atoms with Gasteiger partial charge in [0, 0.05) is 11.3 Å². The van der Waals surface area contributed by atoms with Gasteiger partial charge >= 0.3 is 0 Å². The van der Waals surface area contributed by atoms with Crippen LogP contribution in [0.25, 0.3) is 22.4 Å². The van der Waals surface area contributed by atoms with Crippen LogP contribution in [0.2, 0.25) is 0 Å². The molecule has 0 aliphatic carbocycles. The lowest BCUT2D eigenvalue weighted by atomic mass is 10.2. The van der Waals surface area contributed by atoms with Crippen LogP contribution in [0, 0.1) is 6.92 Å². The van der Waals surface area contributed by atoms with Crippen molar-refractivity contribution in [2.24, 2.45) is 0 Å². The Bertz CT molecular complexity index is 912. The summed E-state index contributed by atoms with van der Waals surface area (Å²) >= 11 is 0. The van der Waals surface area contributed by atoms with Crippen LogP contribution in [0.4, 0.5) is 5.69 Å². The number of hydrogen-bond acceptors (Lipinski definition) is 3. The molecule has 0 atom stereocenters. The maximum Gasteiger partial charge on any atom is 0.232 e. The van der Waals surface area contributed by atoms with Crippen LogP contribution in [-0.2, 0) is 10.0 Å². The first kappa shape index (κ1) is 14.6. The predicted molar refractivity (Wildman–Crippen MR) is 89.4 cm³/mol. The van der Waals surface area contributed by atoms with Gasteiger partial charge < -0.3 is 4.98 Å². The number of aromatic amines is 1. The Morgan fingerprint density at radius 1 is 1.14 bits per heavy atom. The van der Waals surface area contributed by atoms with Crippen LogP contribution in [0.5, 0.6) is 0 Å². The van der Waals surface area contributed by atoms with E-state index in [1.807, 2.05) is 31.2 Å². The van der Waals surface area contributed by atoms with Gasteiger partial charge in [-0.1, -0.05) is 6.07 Å². The topological polar surface area (TPSA) is 74.8 Å². The summed E-state index contributed by atoms with van der Waals surface area (Å²) < 4.78 is 25.6. The van der Waals surface area contributed by atoms with Crippen molar-refractivity contribution in [3.05, 3.63) is 48.0 Å². The third-order valence-electron chi connectivity index (χ3n) is 3.45. The summed E-state index contributed by atoms with van der Waals surface area (Å²) in [6.45, 7) is 3.64. The Morgan fingerprint density at radius 3 is 2.55 bits per heavy atom. The Kier molecular flexibility index (Phi) is 3.62. The maximum absolute atomic E-state index is 11.5. The van der Waals surface area contributed by atoms with Crippen LogP contribution in [0.15, 0.2) is 42.5 Å². The maximum atomic E-state index is 11.5. The number of hydrogen-bond donors (Lipinski definition) is 2. The lowest BCUT2D eigenvalue weighted by Crippen LogP contribution is -2.14. The normalized spacial score (nSPS) is 11.7. The molecule has 0 aliphatic heterocycles. The molecule has 1 aromatic heterocycles. The Labute approximate surface area is 129 Å². The van der Waals surface area contributed by atoms with Crippen molar-refractivity contribution in [1.29, 1.82) is 0 Å². The van der Waals surface area contributed by atoms with Crippen molar-refractivity contribution in [3.63, 3.8) is 0 Å². The minimum Gasteiger partial charge on any atom is -0.338 e. The summed E-state index contributed by atoms with van der Waals surface area (Å²) in [7, 11) is -3.25. The largest absolute Gasteiger partial charge is 0.338 e. The molecule has 2 aromatic carbocycles. The number of rotatable bonds is 4. The smallest absolute Gasteiger partial charge is 0.232 e. The molecule has 3 aromatic rings. The van der Waals surface area contributed by atoms with E-state index in [4.69, 9.17) is 0 Å². The SMILES string of the molecule is CCS(=O)(=O)Nc1ccc(-c2nc3ccc(C)cc3[nH]2)cc1. The van der Waals surface area contributed by atoms with Crippen LogP contribution >= 0.6 is 0 Å². The number of nitrogens with one attached hydrogen (secondary N) is 2. The minimum atomic E-state index is -3.25. The zero-order valence-electron chi connectivity index (χ0n) is 12.4. The summed E-state index contributed by atoms with van der Waals surface area (Å²) in [5.74, 6) is 0.822. The molecule has 0 bridgehead atoms. The van der Waals surface area contributed by atoms with Crippen molar-refractivity contribution in [3.8, 4) is 11.4 Å². The van der Waals surface area contributed by atoms with E-state index in [0.717, 1.165) is 22.4 Å². The Balaban J connectivity index is 1.91. The molecule has 0 fully saturated rings. The standard InChI is InChI=1S/C16H17N3O2S/c1-3-22(20,21)19-13-7-5-12(6-8-13)16-17-14-9-4-11(2)10-15(14)18-16/h4-10,19H,3H2,1-2H3,(H,17,18). The minimum absolute atomic E-state index is 0.0532. The van der Waals surface area contributed by atoms with E-state index in [1.165, 1.54) is 5.56 Å². The number of benzene rings is 2. The van der Waals surface area contributed by atoms with Gasteiger partial charge in [-0.15, -0.1) is 0 Å². The number of aromatic nitrogens is 2. The third kappa shape index (κ3) is 2.96. The molecule has 0 unspecified atom stereocenters. The highest BCUT2D eigenvalue weighted by molar-refractivity contribution is 7.92. The van der Waals surface area contributed by atoms with Gasteiger partial charge in [0.2, 0.25) is 10.0 Å². The number of fused-ring (bicyclic) bond motifs is 1. The van der Waals surface area contributed by atoms with Gasteiger partial charge in [-0.05, 0) is 55.8 Å². The summed E-state index contributed by atoms with van der Waals surface area (Å²) in [4.78, 5) is 7.83. The molecule has 0 aliphatic rings. The second-order valence-corrected chi connectivity index (χ2v) is 7.20. The second-order valence-electron chi connectivity index (χ2n) is 5.19. The number of nitrogens with zero attached hydrogens (tertiary/aromatic N) is 1. The lowest BCUT2D eigenvalue weighted by Gasteiger charge is -2.06. The van der Waals surface area contributed by atoms with Crippen molar-refractivity contribution in [2.75, 3.05) is 10.5 Å². The van der Waals surface area contributed by atoms with Gasteiger partial charge in [0.15, 0.2) is 0 Å². The van der Waals surface area contributed by atoms with E-state index in [1.54, 1.807) is 19.1 Å². The number of sulfonamides is 1. The first-order valence-electron chi connectivity index (χ1n) is 7.04. The molecule has 0 spiro atoms. The highest BCUT2D eigenvalue weighted by Gasteiger charge is 2.08. The molecule has 0 saturated carbocycles. The van der Waals surface area contributed by atoms with Gasteiger partial charge in [-0.2, -0.15) is 0 Å². The first-order valence-corrected chi connectivity index (χ1v) is 8.69. The molecule has 6 heteroatoms. The Morgan fingerprint density at radius 2 is 1.86 bits per heavy atom. The van der Waals surface area contributed by atoms with Gasteiger partial charge in [-0.3, -0.25) is 4.72 Å². The van der Waals surface area contributed by atoms with E-state index in [-0.39, 0.29) is 5.75 Å². The van der Waals surface area contributed by atoms with Crippen molar-refractivity contribution < 1.29 is 8.42 Å². The van der Waals surface area contributed by atoms with Crippen LogP contribution < -0.4 is 4.72 Å². The fourth-order valence-electron chi connectivity index (χ4n) is 2.21. The first-order chi connectivity index (χ1) is 10.5. The molecule has 0 saturated heterocycles. The van der Waals surface area contributed by atoms with Crippen molar-refractivity contribution in [2.45, 2.75) is 13.8 Å². The molecule has 114 valence electrons. The summed E-state index contributed by atoms with van der Waals surface area (Å²) in [6, 6.07) is 13.2. The van der Waals surface area contributed by atoms with E-state index < -0.39 is 10.0 Å². The zero-order chi connectivity index (χ0) is 15.7. The van der Waals surface area contributed by atoms with Crippen LogP contribution in [-0.4, -0.2) is 24.1 Å². The molecule has 22 heavy (non-hydrogen) atoms. The highest BCUT2D eigenvalue weighted by Crippen LogP contribution is 2.23. The van der Waals surface area contributed by atoms with Crippen LogP contribution in [0.3, 0.4) is 0 Å². The fourth-order valence-corrected chi connectivity index (χ4v) is 2.85. The number of aryl methyl sites for hydroxylation is 1. The third-order valence-corrected chi connectivity index (χ3v) is 4.76. The average molecular weight is 315 g/mol. The zero-order valence-corrected chi connectivity index (χ0v) is 13.2. The average Bonchev–Trinajstić information content (AvgIpc) is 2.90. The molecule has 1 heterocycles. The lowest BCUT2D eigenvalue weighted by molar-refractivity contribution is 0.602. The van der Waals surface area contributed by atoms with Crippen LogP contribution in [0.1, 0.15) is 12.5 Å². The summed E-state index contributed by atoms with van der Waals surface area (Å²) in [5, 5.41) is 0. The van der Waals surface area contributed by atoms with Gasteiger partial charge in [-0.25, -0.2) is 13.4 Å². The number of imidazole rings is 1. The summed E-state index contributed by atoms with van der Waals surface area (Å²) in [6.07, 6.45) is 0. The molecule has 0 radical (unpaired) electrons. The molecular weight excluding hydrogens is 298 g/mol. The second kappa shape index (κ2) is 5.46. The molecule has 5 nitrogen and oxygen atoms in total. The van der Waals surface area contributed by atoms with E-state index in [2.05, 4.69) is 20.8 Å². The quantitative estimate of drug-likeness (QED) is 0.775. The summed E-state index contributed by atoms with van der Waals surface area (Å²) in [5.41, 5.74) is 4.54. The molecular formula is C16H17N3O2S. The van der Waals surface area contributed by atoms with Gasteiger partial charge in [0.1, 0.15) is 5.82 Å². The highest BCUT2D eigenvalue weighted by atomic mass is 32.2. The van der Waals surface area contributed by atoms with Crippen molar-refractivity contribution in [1.82, 2.24) is 9.97 Å². The number of anilines is 1. The van der Waals surface area contributed by atoms with Gasteiger partial charge in [0.25, 0.3) is 0 Å². The van der Waals surface area contributed by atoms with E-state index in [9.17, 15) is 8.42 Å². The predicted octanol–water partition coefficient (Wildman–Crippen LogP) is 3.30.